The molecule has 0 unspecified atom stereocenters. The summed E-state index contributed by atoms with van der Waals surface area (Å²) < 4.78 is 15.8. The van der Waals surface area contributed by atoms with E-state index in [9.17, 15) is 9.59 Å². The van der Waals surface area contributed by atoms with Gasteiger partial charge in [0, 0.05) is 5.56 Å². The lowest BCUT2D eigenvalue weighted by Crippen LogP contribution is -2.31. The van der Waals surface area contributed by atoms with E-state index in [0.29, 0.717) is 30.3 Å². The van der Waals surface area contributed by atoms with Gasteiger partial charge in [-0.15, -0.1) is 12.4 Å². The van der Waals surface area contributed by atoms with Crippen LogP contribution in [-0.4, -0.2) is 37.5 Å². The smallest absolute Gasteiger partial charge is 0.306 e. The lowest BCUT2D eigenvalue weighted by molar-refractivity contribution is -0.143. The monoisotopic (exact) mass is 407 g/mol. The van der Waals surface area contributed by atoms with Gasteiger partial charge in [0.1, 0.15) is 18.1 Å². The Morgan fingerprint density at radius 1 is 1.29 bits per heavy atom. The molecule has 28 heavy (non-hydrogen) atoms. The standard InChI is InChI=1S/C19H21N3O5.ClH/c1-25-17(23)9-12-8-13(22-19(12)24)10-26-14-4-2-11(3-5-14)15-6-7-16(27-15)18(20)21;/h2-7,12-13H,8-10H2,1H3,(H3,20,21)(H,22,24);1H/t12-,13-;/m0./s1. The third-order valence-electron chi connectivity index (χ3n) is 4.39. The van der Waals surface area contributed by atoms with Crippen LogP contribution in [0.5, 0.6) is 5.75 Å². The highest BCUT2D eigenvalue weighted by Gasteiger charge is 2.34. The van der Waals surface area contributed by atoms with Gasteiger partial charge >= 0.3 is 5.97 Å². The van der Waals surface area contributed by atoms with Crippen LogP contribution in [0.1, 0.15) is 18.6 Å². The SMILES string of the molecule is COC(=O)C[C@@H]1C[C@@H](COc2ccc(-c3ccc(C(=N)N)o3)cc2)NC1=O.Cl. The Morgan fingerprint density at radius 2 is 2.00 bits per heavy atom. The number of carbonyl (C=O) groups is 2. The molecule has 2 aromatic rings. The Bertz CT molecular complexity index is 850. The Hall–Kier alpha value is -3.00. The van der Waals surface area contributed by atoms with Crippen LogP contribution in [0.25, 0.3) is 11.3 Å². The van der Waals surface area contributed by atoms with Gasteiger partial charge in [0.15, 0.2) is 11.6 Å². The molecule has 1 aromatic heterocycles. The molecular formula is C19H22ClN3O5. The number of ether oxygens (including phenoxy) is 2. The van der Waals surface area contributed by atoms with Crippen LogP contribution in [0, 0.1) is 11.3 Å². The molecule has 1 aliphatic heterocycles. The second-order valence-corrected chi connectivity index (χ2v) is 6.33. The molecule has 0 bridgehead atoms. The molecule has 8 nitrogen and oxygen atoms in total. The molecule has 0 aliphatic carbocycles. The summed E-state index contributed by atoms with van der Waals surface area (Å²) in [6.07, 6.45) is 0.616. The number of hydrogen-bond acceptors (Lipinski definition) is 6. The molecule has 1 fully saturated rings. The molecule has 1 aromatic carbocycles. The number of nitrogens with two attached hydrogens (primary N) is 1. The first-order valence-electron chi connectivity index (χ1n) is 8.51. The van der Waals surface area contributed by atoms with Crippen molar-refractivity contribution in [1.82, 2.24) is 5.32 Å². The lowest BCUT2D eigenvalue weighted by atomic mass is 10.0. The first-order chi connectivity index (χ1) is 13.0. The summed E-state index contributed by atoms with van der Waals surface area (Å²) in [5.41, 5.74) is 6.23. The summed E-state index contributed by atoms with van der Waals surface area (Å²) in [7, 11) is 1.31. The van der Waals surface area contributed by atoms with E-state index < -0.39 is 5.97 Å². The summed E-state index contributed by atoms with van der Waals surface area (Å²) in [4.78, 5) is 23.2. The zero-order valence-corrected chi connectivity index (χ0v) is 16.1. The predicted molar refractivity (Wildman–Crippen MR) is 105 cm³/mol. The average Bonchev–Trinajstić information content (AvgIpc) is 3.28. The summed E-state index contributed by atoms with van der Waals surface area (Å²) in [5, 5.41) is 10.2. The number of amidine groups is 1. The largest absolute Gasteiger partial charge is 0.491 e. The molecule has 0 radical (unpaired) electrons. The van der Waals surface area contributed by atoms with E-state index in [2.05, 4.69) is 10.1 Å². The Morgan fingerprint density at radius 3 is 2.61 bits per heavy atom. The van der Waals surface area contributed by atoms with Gasteiger partial charge in [0.2, 0.25) is 5.91 Å². The number of carbonyl (C=O) groups excluding carboxylic acids is 2. The maximum atomic E-state index is 11.9. The number of methoxy groups -OCH3 is 1. The molecular weight excluding hydrogens is 386 g/mol. The van der Waals surface area contributed by atoms with E-state index in [4.69, 9.17) is 20.3 Å². The van der Waals surface area contributed by atoms with E-state index in [1.165, 1.54) is 7.11 Å². The van der Waals surface area contributed by atoms with Gasteiger partial charge in [-0.25, -0.2) is 0 Å². The number of benzene rings is 1. The fourth-order valence-electron chi connectivity index (χ4n) is 2.95. The minimum absolute atomic E-state index is 0. The fraction of sp³-hybridized carbons (Fsp3) is 0.316. The Labute approximate surface area is 168 Å². The van der Waals surface area contributed by atoms with Crippen molar-refractivity contribution in [2.45, 2.75) is 18.9 Å². The van der Waals surface area contributed by atoms with Crippen molar-refractivity contribution in [3.05, 3.63) is 42.2 Å². The number of halogens is 1. The summed E-state index contributed by atoms with van der Waals surface area (Å²) in [6.45, 7) is 0.317. The highest BCUT2D eigenvalue weighted by Crippen LogP contribution is 2.25. The summed E-state index contributed by atoms with van der Waals surface area (Å²) >= 11 is 0. The van der Waals surface area contributed by atoms with Gasteiger partial charge < -0.3 is 24.9 Å². The topological polar surface area (TPSA) is 128 Å². The summed E-state index contributed by atoms with van der Waals surface area (Å²) in [5.74, 6) is 0.557. The van der Waals surface area contributed by atoms with E-state index in [-0.39, 0.29) is 42.5 Å². The fourth-order valence-corrected chi connectivity index (χ4v) is 2.95. The van der Waals surface area contributed by atoms with E-state index in [0.717, 1.165) is 5.56 Å². The van der Waals surface area contributed by atoms with Gasteiger partial charge in [-0.1, -0.05) is 0 Å². The molecule has 1 aliphatic rings. The van der Waals surface area contributed by atoms with Crippen molar-refractivity contribution >= 4 is 30.1 Å². The Balaban J connectivity index is 0.00000280. The van der Waals surface area contributed by atoms with E-state index in [1.807, 2.05) is 12.1 Å². The number of furan rings is 1. The van der Waals surface area contributed by atoms with Gasteiger partial charge in [-0.3, -0.25) is 15.0 Å². The van der Waals surface area contributed by atoms with Crippen LogP contribution in [0.15, 0.2) is 40.8 Å². The van der Waals surface area contributed by atoms with Crippen LogP contribution < -0.4 is 15.8 Å². The van der Waals surface area contributed by atoms with Crippen LogP contribution in [0.4, 0.5) is 0 Å². The van der Waals surface area contributed by atoms with Crippen LogP contribution in [0.2, 0.25) is 0 Å². The maximum absolute atomic E-state index is 11.9. The van der Waals surface area contributed by atoms with Crippen molar-refractivity contribution in [3.8, 4) is 17.1 Å². The molecule has 4 N–H and O–H groups in total. The van der Waals surface area contributed by atoms with Gasteiger partial charge in [-0.05, 0) is 42.8 Å². The highest BCUT2D eigenvalue weighted by molar-refractivity contribution is 5.92. The molecule has 150 valence electrons. The maximum Gasteiger partial charge on any atom is 0.306 e. The second-order valence-electron chi connectivity index (χ2n) is 6.33. The lowest BCUT2D eigenvalue weighted by Gasteiger charge is -2.12. The van der Waals surface area contributed by atoms with Crippen LogP contribution in [-0.2, 0) is 14.3 Å². The van der Waals surface area contributed by atoms with Crippen LogP contribution in [0.3, 0.4) is 0 Å². The van der Waals surface area contributed by atoms with Crippen molar-refractivity contribution < 1.29 is 23.5 Å². The quantitative estimate of drug-likeness (QED) is 0.366. The first-order valence-corrected chi connectivity index (χ1v) is 8.51. The summed E-state index contributed by atoms with van der Waals surface area (Å²) in [6, 6.07) is 10.5. The minimum atomic E-state index is -0.391. The number of esters is 1. The number of amides is 1. The van der Waals surface area contributed by atoms with Gasteiger partial charge in [0.25, 0.3) is 0 Å². The first kappa shape index (κ1) is 21.3. The Kier molecular flexibility index (Phi) is 7.06. The molecule has 2 heterocycles. The molecule has 0 saturated carbocycles. The third-order valence-corrected chi connectivity index (χ3v) is 4.39. The number of nitrogens with one attached hydrogen (secondary N) is 2. The van der Waals surface area contributed by atoms with E-state index in [1.54, 1.807) is 24.3 Å². The molecule has 0 spiro atoms. The average molecular weight is 408 g/mol. The van der Waals surface area contributed by atoms with Crippen LogP contribution >= 0.6 is 12.4 Å². The van der Waals surface area contributed by atoms with Crippen molar-refractivity contribution in [3.63, 3.8) is 0 Å². The molecule has 2 atom stereocenters. The van der Waals surface area contributed by atoms with Crippen molar-refractivity contribution in [2.75, 3.05) is 13.7 Å². The molecule has 1 amide bonds. The zero-order valence-electron chi connectivity index (χ0n) is 15.3. The number of hydrogen-bond donors (Lipinski definition) is 3. The van der Waals surface area contributed by atoms with Crippen molar-refractivity contribution in [2.24, 2.45) is 11.7 Å². The molecule has 9 heteroatoms. The predicted octanol–water partition coefficient (Wildman–Crippen LogP) is 2.10. The molecule has 3 rings (SSSR count). The van der Waals surface area contributed by atoms with Crippen molar-refractivity contribution in [1.29, 1.82) is 5.41 Å². The van der Waals surface area contributed by atoms with Gasteiger partial charge in [-0.2, -0.15) is 0 Å². The minimum Gasteiger partial charge on any atom is -0.491 e. The second kappa shape index (κ2) is 9.27. The number of nitrogen functional groups attached to an aromatic ring is 1. The third kappa shape index (κ3) is 5.04. The zero-order chi connectivity index (χ0) is 19.4. The normalized spacial score (nSPS) is 18.1. The van der Waals surface area contributed by atoms with Gasteiger partial charge in [0.05, 0.1) is 25.5 Å². The highest BCUT2D eigenvalue weighted by atomic mass is 35.5. The van der Waals surface area contributed by atoms with E-state index >= 15 is 0 Å². The molecule has 1 saturated heterocycles. The number of rotatable bonds is 7.